The zero-order valence-corrected chi connectivity index (χ0v) is 9.58. The van der Waals surface area contributed by atoms with Gasteiger partial charge in [0.05, 0.1) is 12.7 Å². The molecule has 0 aliphatic rings. The van der Waals surface area contributed by atoms with Crippen molar-refractivity contribution in [3.8, 4) is 0 Å². The number of hydrogen-bond acceptors (Lipinski definition) is 6. The van der Waals surface area contributed by atoms with E-state index in [4.69, 9.17) is 10.7 Å². The van der Waals surface area contributed by atoms with Gasteiger partial charge in [-0.15, -0.1) is 0 Å². The Morgan fingerprint density at radius 2 is 2.12 bits per heavy atom. The molecule has 0 amide bonds. The molecule has 0 aromatic carbocycles. The van der Waals surface area contributed by atoms with Gasteiger partial charge in [-0.1, -0.05) is 0 Å². The van der Waals surface area contributed by atoms with Crippen LogP contribution in [0.4, 0.5) is 0 Å². The van der Waals surface area contributed by atoms with Crippen molar-refractivity contribution in [2.24, 2.45) is 0 Å². The first-order valence-electron chi connectivity index (χ1n) is 3.88. The zero-order valence-electron chi connectivity index (χ0n) is 8.01. The molecule has 1 heterocycles. The number of methoxy groups -OCH3 is 1. The van der Waals surface area contributed by atoms with Gasteiger partial charge in [-0.25, -0.2) is 18.2 Å². The molecule has 0 saturated carbocycles. The first-order valence-corrected chi connectivity index (χ1v) is 6.19. The number of carbonyl (C=O) groups is 2. The van der Waals surface area contributed by atoms with E-state index in [1.165, 1.54) is 0 Å². The Balaban J connectivity index is 3.44. The van der Waals surface area contributed by atoms with Crippen molar-refractivity contribution in [1.29, 1.82) is 0 Å². The van der Waals surface area contributed by atoms with E-state index >= 15 is 0 Å². The minimum absolute atomic E-state index is 0.112. The van der Waals surface area contributed by atoms with E-state index in [-0.39, 0.29) is 11.3 Å². The predicted molar refractivity (Wildman–Crippen MR) is 54.0 cm³/mol. The molecule has 16 heavy (non-hydrogen) atoms. The molecule has 86 valence electrons. The number of hydrogen-bond donors (Lipinski definition) is 0. The van der Waals surface area contributed by atoms with Crippen LogP contribution in [0, 0.1) is 0 Å². The molecule has 1 aromatic rings. The van der Waals surface area contributed by atoms with Crippen molar-refractivity contribution < 1.29 is 22.7 Å². The van der Waals surface area contributed by atoms with Gasteiger partial charge in [0.15, 0.2) is 11.3 Å². The topological polar surface area (TPSA) is 90.4 Å². The predicted octanol–water partition coefficient (Wildman–Crippen LogP) is 0.608. The fourth-order valence-corrected chi connectivity index (χ4v) is 1.67. The van der Waals surface area contributed by atoms with E-state index in [9.17, 15) is 18.0 Å². The summed E-state index contributed by atoms with van der Waals surface area (Å²) in [6.45, 7) is 0. The highest BCUT2D eigenvalue weighted by Gasteiger charge is 2.17. The van der Waals surface area contributed by atoms with Gasteiger partial charge in [-0.3, -0.25) is 4.79 Å². The standard InChI is InChI=1S/C8H6ClNO5S/c1-15-8(12)5-2-6(4-11)10-7(3-5)16(9,13)14/h2-4H,1H3. The molecule has 0 fully saturated rings. The van der Waals surface area contributed by atoms with Crippen molar-refractivity contribution in [3.63, 3.8) is 0 Å². The zero-order chi connectivity index (χ0) is 12.3. The Labute approximate surface area is 95.6 Å². The number of pyridine rings is 1. The number of nitrogens with zero attached hydrogens (tertiary/aromatic N) is 1. The van der Waals surface area contributed by atoms with Crippen molar-refractivity contribution >= 4 is 32.0 Å². The minimum atomic E-state index is -4.11. The van der Waals surface area contributed by atoms with Gasteiger partial charge in [0.2, 0.25) is 0 Å². The molecule has 8 heteroatoms. The molecule has 0 spiro atoms. The molecule has 0 N–H and O–H groups in total. The van der Waals surface area contributed by atoms with Crippen LogP contribution in [0.1, 0.15) is 20.8 Å². The number of ether oxygens (including phenoxy) is 1. The monoisotopic (exact) mass is 263 g/mol. The SMILES string of the molecule is COC(=O)c1cc(C=O)nc(S(=O)(=O)Cl)c1. The third kappa shape index (κ3) is 2.77. The summed E-state index contributed by atoms with van der Waals surface area (Å²) >= 11 is 0. The van der Waals surface area contributed by atoms with Gasteiger partial charge in [0, 0.05) is 10.7 Å². The maximum atomic E-state index is 11.2. The van der Waals surface area contributed by atoms with E-state index < -0.39 is 20.0 Å². The van der Waals surface area contributed by atoms with Crippen LogP contribution in [0.15, 0.2) is 17.2 Å². The van der Waals surface area contributed by atoms with Gasteiger partial charge in [0.1, 0.15) is 5.69 Å². The van der Waals surface area contributed by atoms with Crippen LogP contribution in [0.5, 0.6) is 0 Å². The normalized spacial score (nSPS) is 10.9. The highest BCUT2D eigenvalue weighted by Crippen LogP contribution is 2.15. The Morgan fingerprint density at radius 3 is 2.56 bits per heavy atom. The lowest BCUT2D eigenvalue weighted by molar-refractivity contribution is 0.0600. The van der Waals surface area contributed by atoms with Gasteiger partial charge in [-0.05, 0) is 12.1 Å². The Kier molecular flexibility index (Phi) is 3.61. The second kappa shape index (κ2) is 4.58. The van der Waals surface area contributed by atoms with Crippen molar-refractivity contribution in [2.45, 2.75) is 5.03 Å². The molecule has 0 aliphatic carbocycles. The summed E-state index contributed by atoms with van der Waals surface area (Å²) in [6, 6.07) is 2.03. The van der Waals surface area contributed by atoms with Crippen LogP contribution in [0.2, 0.25) is 0 Å². The second-order valence-corrected chi connectivity index (χ2v) is 5.18. The number of esters is 1. The molecule has 1 rings (SSSR count). The number of carbonyl (C=O) groups excluding carboxylic acids is 2. The quantitative estimate of drug-likeness (QED) is 0.451. The summed E-state index contributed by atoms with van der Waals surface area (Å²) in [5.74, 6) is -0.785. The van der Waals surface area contributed by atoms with Crippen LogP contribution in [0.25, 0.3) is 0 Å². The summed E-state index contributed by atoms with van der Waals surface area (Å²) in [4.78, 5) is 25.1. The summed E-state index contributed by atoms with van der Waals surface area (Å²) in [6.07, 6.45) is 0.304. The maximum Gasteiger partial charge on any atom is 0.338 e. The average Bonchev–Trinajstić information content (AvgIpc) is 2.26. The largest absolute Gasteiger partial charge is 0.465 e. The van der Waals surface area contributed by atoms with Crippen molar-refractivity contribution in [2.75, 3.05) is 7.11 Å². The molecule has 0 atom stereocenters. The second-order valence-electron chi connectivity index (χ2n) is 2.67. The molecule has 0 radical (unpaired) electrons. The van der Waals surface area contributed by atoms with Crippen LogP contribution in [0.3, 0.4) is 0 Å². The van der Waals surface area contributed by atoms with Crippen molar-refractivity contribution in [3.05, 3.63) is 23.4 Å². The lowest BCUT2D eigenvalue weighted by Crippen LogP contribution is -2.07. The molecule has 1 aromatic heterocycles. The molecular weight excluding hydrogens is 258 g/mol. The minimum Gasteiger partial charge on any atom is -0.465 e. The lowest BCUT2D eigenvalue weighted by Gasteiger charge is -2.02. The van der Waals surface area contributed by atoms with E-state index in [0.29, 0.717) is 6.29 Å². The van der Waals surface area contributed by atoms with E-state index in [1.807, 2.05) is 0 Å². The molecular formula is C8H6ClNO5S. The lowest BCUT2D eigenvalue weighted by atomic mass is 10.2. The van der Waals surface area contributed by atoms with Crippen LogP contribution >= 0.6 is 10.7 Å². The van der Waals surface area contributed by atoms with Crippen LogP contribution < -0.4 is 0 Å². The molecule has 0 unspecified atom stereocenters. The first-order chi connectivity index (χ1) is 7.38. The van der Waals surface area contributed by atoms with Crippen LogP contribution in [-0.2, 0) is 13.8 Å². The number of aromatic nitrogens is 1. The highest BCUT2D eigenvalue weighted by molar-refractivity contribution is 8.13. The third-order valence-corrected chi connectivity index (χ3v) is 2.80. The van der Waals surface area contributed by atoms with Gasteiger partial charge in [0.25, 0.3) is 9.05 Å². The van der Waals surface area contributed by atoms with Crippen molar-refractivity contribution in [1.82, 2.24) is 4.98 Å². The van der Waals surface area contributed by atoms with E-state index in [0.717, 1.165) is 19.2 Å². The Bertz CT molecular complexity index is 539. The fraction of sp³-hybridized carbons (Fsp3) is 0.125. The fourth-order valence-electron chi connectivity index (χ4n) is 0.947. The maximum absolute atomic E-state index is 11.2. The summed E-state index contributed by atoms with van der Waals surface area (Å²) in [7, 11) is 2.07. The third-order valence-electron chi connectivity index (χ3n) is 1.61. The molecule has 6 nitrogen and oxygen atoms in total. The molecule has 0 saturated heterocycles. The smallest absolute Gasteiger partial charge is 0.338 e. The van der Waals surface area contributed by atoms with Gasteiger partial charge in [-0.2, -0.15) is 0 Å². The average molecular weight is 264 g/mol. The number of rotatable bonds is 3. The number of aldehydes is 1. The van der Waals surface area contributed by atoms with E-state index in [2.05, 4.69) is 9.72 Å². The van der Waals surface area contributed by atoms with Crippen LogP contribution in [-0.4, -0.2) is 32.8 Å². The highest BCUT2D eigenvalue weighted by atomic mass is 35.7. The summed E-state index contributed by atoms with van der Waals surface area (Å²) in [5.41, 5.74) is -0.332. The molecule has 0 bridgehead atoms. The Morgan fingerprint density at radius 1 is 1.50 bits per heavy atom. The number of halogens is 1. The Hall–Kier alpha value is -1.47. The first kappa shape index (κ1) is 12.6. The van der Waals surface area contributed by atoms with Gasteiger partial charge < -0.3 is 4.74 Å². The summed E-state index contributed by atoms with van der Waals surface area (Å²) in [5, 5.41) is -0.570. The summed E-state index contributed by atoms with van der Waals surface area (Å²) < 4.78 is 26.4. The molecule has 0 aliphatic heterocycles. The van der Waals surface area contributed by atoms with E-state index in [1.54, 1.807) is 0 Å². The van der Waals surface area contributed by atoms with Gasteiger partial charge >= 0.3 is 5.97 Å².